The molecule has 1 fully saturated rings. The number of aryl methyl sites for hydroxylation is 1. The third-order valence-corrected chi connectivity index (χ3v) is 7.28. The molecule has 8 heteroatoms. The van der Waals surface area contributed by atoms with Crippen molar-refractivity contribution in [3.05, 3.63) is 71.4 Å². The van der Waals surface area contributed by atoms with Crippen LogP contribution in [-0.4, -0.2) is 43.9 Å². The van der Waals surface area contributed by atoms with Gasteiger partial charge >= 0.3 is 0 Å². The van der Waals surface area contributed by atoms with Crippen molar-refractivity contribution >= 4 is 38.5 Å². The van der Waals surface area contributed by atoms with Gasteiger partial charge < -0.3 is 20.8 Å². The van der Waals surface area contributed by atoms with Crippen LogP contribution in [0.1, 0.15) is 48.9 Å². The van der Waals surface area contributed by atoms with Gasteiger partial charge in [-0.3, -0.25) is 0 Å². The molecule has 1 aliphatic rings. The minimum atomic E-state index is -0.196. The smallest absolute Gasteiger partial charge is 0.225 e. The molecule has 7 nitrogen and oxygen atoms in total. The van der Waals surface area contributed by atoms with E-state index in [0.717, 1.165) is 59.6 Å². The van der Waals surface area contributed by atoms with Gasteiger partial charge in [-0.05, 0) is 61.8 Å². The second-order valence-electron chi connectivity index (χ2n) is 9.15. The molecule has 0 atom stereocenters. The summed E-state index contributed by atoms with van der Waals surface area (Å²) < 4.78 is 1.11. The van der Waals surface area contributed by atoms with Crippen LogP contribution in [0, 0.1) is 0 Å². The molecule has 2 aromatic heterocycles. The largest absolute Gasteiger partial charge is 0.396 e. The van der Waals surface area contributed by atoms with E-state index in [1.54, 1.807) is 11.3 Å². The van der Waals surface area contributed by atoms with Crippen molar-refractivity contribution in [2.24, 2.45) is 0 Å². The summed E-state index contributed by atoms with van der Waals surface area (Å²) in [4.78, 5) is 14.3. The zero-order chi connectivity index (χ0) is 24.0. The number of benzene rings is 2. The van der Waals surface area contributed by atoms with E-state index in [2.05, 4.69) is 34.9 Å². The summed E-state index contributed by atoms with van der Waals surface area (Å²) in [5.41, 5.74) is 4.28. The molecule has 0 amide bonds. The number of rotatable bonds is 9. The minimum absolute atomic E-state index is 0.196. The third-order valence-electron chi connectivity index (χ3n) is 6.35. The van der Waals surface area contributed by atoms with E-state index >= 15 is 0 Å². The fourth-order valence-corrected chi connectivity index (χ4v) is 5.43. The van der Waals surface area contributed by atoms with E-state index in [9.17, 15) is 5.11 Å². The molecule has 5 rings (SSSR count). The van der Waals surface area contributed by atoms with Crippen molar-refractivity contribution in [2.75, 3.05) is 17.2 Å². The van der Waals surface area contributed by atoms with E-state index < -0.39 is 0 Å². The predicted octanol–water partition coefficient (Wildman–Crippen LogP) is 5.06. The Balaban J connectivity index is 1.38. The lowest BCUT2D eigenvalue weighted by molar-refractivity contribution is 0.126. The van der Waals surface area contributed by atoms with Gasteiger partial charge in [-0.1, -0.05) is 47.7 Å². The Hall–Kier alpha value is -3.07. The highest BCUT2D eigenvalue weighted by molar-refractivity contribution is 7.22. The maximum absolute atomic E-state index is 9.84. The molecule has 4 aromatic rings. The van der Waals surface area contributed by atoms with E-state index in [1.165, 1.54) is 11.1 Å². The van der Waals surface area contributed by atoms with Crippen LogP contribution in [0.25, 0.3) is 10.2 Å². The number of nitrogens with zero attached hydrogens (tertiary/aromatic N) is 3. The molecule has 4 N–H and O–H groups in total. The molecule has 35 heavy (non-hydrogen) atoms. The van der Waals surface area contributed by atoms with Gasteiger partial charge in [-0.2, -0.15) is 4.98 Å². The Labute approximate surface area is 209 Å². The maximum atomic E-state index is 9.84. The van der Waals surface area contributed by atoms with Gasteiger partial charge in [0.2, 0.25) is 5.95 Å². The summed E-state index contributed by atoms with van der Waals surface area (Å²) >= 11 is 1.60. The second kappa shape index (κ2) is 11.1. The molecule has 0 bridgehead atoms. The number of aromatic nitrogens is 3. The summed E-state index contributed by atoms with van der Waals surface area (Å²) in [6.45, 7) is 0.199. The Morgan fingerprint density at radius 1 is 0.914 bits per heavy atom. The van der Waals surface area contributed by atoms with Crippen molar-refractivity contribution in [2.45, 2.75) is 57.1 Å². The first kappa shape index (κ1) is 23.7. The summed E-state index contributed by atoms with van der Waals surface area (Å²) in [6.07, 6.45) is 5.56. The molecule has 0 aliphatic heterocycles. The highest BCUT2D eigenvalue weighted by atomic mass is 32.1. The quantitative estimate of drug-likeness (QED) is 0.261. The van der Waals surface area contributed by atoms with Crippen molar-refractivity contribution in [1.29, 1.82) is 0 Å². The number of hydrogen-bond acceptors (Lipinski definition) is 8. The number of thiazole rings is 1. The minimum Gasteiger partial charge on any atom is -0.396 e. The van der Waals surface area contributed by atoms with Gasteiger partial charge in [-0.25, -0.2) is 9.97 Å². The summed E-state index contributed by atoms with van der Waals surface area (Å²) in [7, 11) is 0. The molecule has 0 radical (unpaired) electrons. The third kappa shape index (κ3) is 6.33. The summed E-state index contributed by atoms with van der Waals surface area (Å²) in [6, 6.07) is 18.8. The number of fused-ring (bicyclic) bond motifs is 1. The Bertz CT molecular complexity index is 1260. The van der Waals surface area contributed by atoms with Crippen LogP contribution in [0.2, 0.25) is 0 Å². The average Bonchev–Trinajstić information content (AvgIpc) is 3.26. The van der Waals surface area contributed by atoms with Gasteiger partial charge in [0, 0.05) is 25.1 Å². The van der Waals surface area contributed by atoms with E-state index in [1.807, 2.05) is 30.3 Å². The van der Waals surface area contributed by atoms with Crippen LogP contribution >= 0.6 is 11.3 Å². The number of anilines is 3. The van der Waals surface area contributed by atoms with Gasteiger partial charge in [0.15, 0.2) is 5.13 Å². The first-order valence-electron chi connectivity index (χ1n) is 12.3. The van der Waals surface area contributed by atoms with E-state index in [-0.39, 0.29) is 18.8 Å². The Morgan fingerprint density at radius 3 is 2.54 bits per heavy atom. The normalized spacial score (nSPS) is 18.0. The van der Waals surface area contributed by atoms with Crippen LogP contribution in [-0.2, 0) is 12.8 Å². The van der Waals surface area contributed by atoms with Crippen LogP contribution in [0.15, 0.2) is 54.6 Å². The fourth-order valence-electron chi connectivity index (χ4n) is 4.50. The standard InChI is InChI=1S/C27H31N5O2S/c33-14-4-7-19-8-13-23-24(16-19)35-27(30-23)32-25-17-21(15-18-5-2-1-3-6-18)29-26(31-25)28-20-9-11-22(34)12-10-20/h1-3,5-6,8,13,16-17,20,22,33-34H,4,7,9-12,14-15H2,(H2,28,29,30,31,32). The van der Waals surface area contributed by atoms with Crippen LogP contribution in [0.4, 0.5) is 16.9 Å². The van der Waals surface area contributed by atoms with Gasteiger partial charge in [0.25, 0.3) is 0 Å². The Kier molecular flexibility index (Phi) is 7.51. The van der Waals surface area contributed by atoms with E-state index in [0.29, 0.717) is 18.2 Å². The fraction of sp³-hybridized carbons (Fsp3) is 0.370. The lowest BCUT2D eigenvalue weighted by atomic mass is 9.93. The van der Waals surface area contributed by atoms with Crippen molar-refractivity contribution in [3.63, 3.8) is 0 Å². The molecular formula is C27H31N5O2S. The van der Waals surface area contributed by atoms with Crippen LogP contribution < -0.4 is 10.6 Å². The van der Waals surface area contributed by atoms with Crippen LogP contribution in [0.3, 0.4) is 0 Å². The van der Waals surface area contributed by atoms with Crippen molar-refractivity contribution < 1.29 is 10.2 Å². The monoisotopic (exact) mass is 489 g/mol. The van der Waals surface area contributed by atoms with Gasteiger partial charge in [-0.15, -0.1) is 0 Å². The first-order chi connectivity index (χ1) is 17.1. The molecular weight excluding hydrogens is 458 g/mol. The molecule has 1 saturated carbocycles. The summed E-state index contributed by atoms with van der Waals surface area (Å²) in [5.74, 6) is 1.32. The number of aliphatic hydroxyl groups excluding tert-OH is 2. The Morgan fingerprint density at radius 2 is 1.74 bits per heavy atom. The predicted molar refractivity (Wildman–Crippen MR) is 141 cm³/mol. The number of aliphatic hydroxyl groups is 2. The van der Waals surface area contributed by atoms with Crippen molar-refractivity contribution in [3.8, 4) is 0 Å². The van der Waals surface area contributed by atoms with Crippen molar-refractivity contribution in [1.82, 2.24) is 15.0 Å². The van der Waals surface area contributed by atoms with Gasteiger partial charge in [0.1, 0.15) is 5.82 Å². The topological polar surface area (TPSA) is 103 Å². The zero-order valence-electron chi connectivity index (χ0n) is 19.7. The molecule has 0 unspecified atom stereocenters. The average molecular weight is 490 g/mol. The number of nitrogens with one attached hydrogen (secondary N) is 2. The molecule has 2 aromatic carbocycles. The molecule has 0 spiro atoms. The van der Waals surface area contributed by atoms with Crippen LogP contribution in [0.5, 0.6) is 0 Å². The molecule has 2 heterocycles. The van der Waals surface area contributed by atoms with Gasteiger partial charge in [0.05, 0.1) is 22.0 Å². The second-order valence-corrected chi connectivity index (χ2v) is 10.2. The highest BCUT2D eigenvalue weighted by Crippen LogP contribution is 2.30. The lowest BCUT2D eigenvalue weighted by Crippen LogP contribution is -2.29. The first-order valence-corrected chi connectivity index (χ1v) is 13.1. The lowest BCUT2D eigenvalue weighted by Gasteiger charge is -2.26. The SMILES string of the molecule is OCCCc1ccc2nc(Nc3cc(Cc4ccccc4)nc(NC4CCC(O)CC4)n3)sc2c1. The highest BCUT2D eigenvalue weighted by Gasteiger charge is 2.20. The molecule has 182 valence electrons. The molecule has 1 aliphatic carbocycles. The molecule has 0 saturated heterocycles. The summed E-state index contributed by atoms with van der Waals surface area (Å²) in [5, 5.41) is 26.6. The van der Waals surface area contributed by atoms with E-state index in [4.69, 9.17) is 20.1 Å². The number of hydrogen-bond donors (Lipinski definition) is 4. The maximum Gasteiger partial charge on any atom is 0.225 e. The zero-order valence-corrected chi connectivity index (χ0v) is 20.5.